The predicted molar refractivity (Wildman–Crippen MR) is 59.2 cm³/mol. The molecule has 1 aromatic carbocycles. The quantitative estimate of drug-likeness (QED) is 0.844. The minimum Gasteiger partial charge on any atom is -0.320 e. The first-order valence-electron chi connectivity index (χ1n) is 4.88. The molecule has 0 radical (unpaired) electrons. The van der Waals surface area contributed by atoms with E-state index >= 15 is 0 Å². The van der Waals surface area contributed by atoms with Gasteiger partial charge in [0.25, 0.3) is 11.5 Å². The number of hydrogen-bond donors (Lipinski definition) is 2. The number of nitrogens with zero attached hydrogens (tertiary/aromatic N) is 1. The molecule has 0 unspecified atom stereocenters. The molecule has 1 aromatic heterocycles. The van der Waals surface area contributed by atoms with Gasteiger partial charge in [0.2, 0.25) is 0 Å². The number of halogens is 2. The Balaban J connectivity index is 2.21. The highest BCUT2D eigenvalue weighted by Gasteiger charge is 2.09. The van der Waals surface area contributed by atoms with Gasteiger partial charge in [-0.25, -0.2) is 13.9 Å². The van der Waals surface area contributed by atoms with Gasteiger partial charge in [-0.2, -0.15) is 5.10 Å². The predicted octanol–water partition coefficient (Wildman–Crippen LogP) is 1.30. The van der Waals surface area contributed by atoms with Crippen LogP contribution in [-0.4, -0.2) is 16.1 Å². The third-order valence-electron chi connectivity index (χ3n) is 2.03. The van der Waals surface area contributed by atoms with E-state index in [9.17, 15) is 18.4 Å². The highest BCUT2D eigenvalue weighted by Crippen LogP contribution is 2.13. The molecule has 2 aromatic rings. The molecule has 92 valence electrons. The van der Waals surface area contributed by atoms with Gasteiger partial charge >= 0.3 is 0 Å². The fraction of sp³-hybridized carbons (Fsp3) is 0. The number of aromatic amines is 1. The average molecular weight is 251 g/mol. The summed E-state index contributed by atoms with van der Waals surface area (Å²) in [6.45, 7) is 0. The highest BCUT2D eigenvalue weighted by molar-refractivity contribution is 6.02. The molecular weight excluding hydrogens is 244 g/mol. The molecule has 2 N–H and O–H groups in total. The summed E-state index contributed by atoms with van der Waals surface area (Å²) in [6.07, 6.45) is 0. The van der Waals surface area contributed by atoms with Crippen LogP contribution in [0.4, 0.5) is 14.5 Å². The summed E-state index contributed by atoms with van der Waals surface area (Å²) in [5, 5.41) is 7.81. The minimum absolute atomic E-state index is 0.0366. The molecule has 18 heavy (non-hydrogen) atoms. The summed E-state index contributed by atoms with van der Waals surface area (Å²) in [7, 11) is 0. The molecule has 1 amide bonds. The first kappa shape index (κ1) is 11.9. The maximum atomic E-state index is 12.9. The molecule has 0 aliphatic rings. The number of benzene rings is 1. The maximum Gasteiger partial charge on any atom is 0.276 e. The second-order valence-electron chi connectivity index (χ2n) is 3.42. The molecule has 0 atom stereocenters. The fourth-order valence-corrected chi connectivity index (χ4v) is 1.29. The zero-order chi connectivity index (χ0) is 13.1. The number of hydrogen-bond acceptors (Lipinski definition) is 3. The normalized spacial score (nSPS) is 10.1. The number of aromatic nitrogens is 2. The molecule has 0 saturated carbocycles. The van der Waals surface area contributed by atoms with E-state index in [-0.39, 0.29) is 11.4 Å². The Morgan fingerprint density at radius 2 is 1.83 bits per heavy atom. The number of nitrogens with one attached hydrogen (secondary N) is 2. The monoisotopic (exact) mass is 251 g/mol. The molecule has 7 heteroatoms. The van der Waals surface area contributed by atoms with Gasteiger partial charge in [-0.05, 0) is 18.2 Å². The van der Waals surface area contributed by atoms with Crippen molar-refractivity contribution in [3.63, 3.8) is 0 Å². The van der Waals surface area contributed by atoms with Gasteiger partial charge in [0.1, 0.15) is 17.3 Å². The summed E-state index contributed by atoms with van der Waals surface area (Å²) < 4.78 is 25.8. The van der Waals surface area contributed by atoms with Crippen molar-refractivity contribution in [3.05, 3.63) is 58.0 Å². The molecule has 0 fully saturated rings. The smallest absolute Gasteiger partial charge is 0.276 e. The summed E-state index contributed by atoms with van der Waals surface area (Å²) in [5.41, 5.74) is -0.562. The van der Waals surface area contributed by atoms with Crippen molar-refractivity contribution in [3.8, 4) is 0 Å². The first-order valence-corrected chi connectivity index (χ1v) is 4.88. The lowest BCUT2D eigenvalue weighted by Gasteiger charge is -2.04. The summed E-state index contributed by atoms with van der Waals surface area (Å²) >= 11 is 0. The first-order chi connectivity index (χ1) is 8.54. The van der Waals surface area contributed by atoms with Crippen molar-refractivity contribution >= 4 is 11.6 Å². The van der Waals surface area contributed by atoms with Gasteiger partial charge in [-0.1, -0.05) is 0 Å². The molecule has 0 spiro atoms. The van der Waals surface area contributed by atoms with E-state index in [0.29, 0.717) is 6.07 Å². The van der Waals surface area contributed by atoms with E-state index in [1.54, 1.807) is 0 Å². The topological polar surface area (TPSA) is 74.8 Å². The van der Waals surface area contributed by atoms with Gasteiger partial charge in [0.15, 0.2) is 0 Å². The van der Waals surface area contributed by atoms with Crippen molar-refractivity contribution in [1.82, 2.24) is 10.2 Å². The van der Waals surface area contributed by atoms with Crippen LogP contribution in [0, 0.1) is 11.6 Å². The summed E-state index contributed by atoms with van der Waals surface area (Å²) in [4.78, 5) is 22.4. The van der Waals surface area contributed by atoms with Crippen molar-refractivity contribution in [1.29, 1.82) is 0 Å². The van der Waals surface area contributed by atoms with Crippen LogP contribution in [0.5, 0.6) is 0 Å². The van der Waals surface area contributed by atoms with Crippen LogP contribution < -0.4 is 10.9 Å². The van der Waals surface area contributed by atoms with Crippen LogP contribution in [0.25, 0.3) is 0 Å². The molecule has 0 aliphatic carbocycles. The molecule has 5 nitrogen and oxygen atoms in total. The fourth-order valence-electron chi connectivity index (χ4n) is 1.29. The zero-order valence-electron chi connectivity index (χ0n) is 8.91. The van der Waals surface area contributed by atoms with Gasteiger partial charge in [0, 0.05) is 17.8 Å². The van der Waals surface area contributed by atoms with Gasteiger partial charge in [0.05, 0.1) is 0 Å². The number of rotatable bonds is 2. The molecule has 0 bridgehead atoms. The molecule has 0 aliphatic heterocycles. The Hall–Kier alpha value is -2.57. The average Bonchev–Trinajstić information content (AvgIpc) is 2.28. The lowest BCUT2D eigenvalue weighted by Crippen LogP contribution is -2.17. The van der Waals surface area contributed by atoms with Gasteiger partial charge in [-0.3, -0.25) is 9.59 Å². The Morgan fingerprint density at radius 3 is 2.39 bits per heavy atom. The Kier molecular flexibility index (Phi) is 3.13. The third kappa shape index (κ3) is 2.76. The molecule has 0 saturated heterocycles. The van der Waals surface area contributed by atoms with Crippen molar-refractivity contribution in [2.45, 2.75) is 0 Å². The van der Waals surface area contributed by atoms with Crippen LogP contribution >= 0.6 is 0 Å². The SMILES string of the molecule is O=C(Nc1cc(F)cc(F)c1)c1ccc(=O)[nH]n1. The van der Waals surface area contributed by atoms with Crippen molar-refractivity contribution < 1.29 is 13.6 Å². The maximum absolute atomic E-state index is 12.9. The molecule has 1 heterocycles. The summed E-state index contributed by atoms with van der Waals surface area (Å²) in [6, 6.07) is 4.94. The number of carbonyl (C=O) groups excluding carboxylic acids is 1. The van der Waals surface area contributed by atoms with Crippen LogP contribution in [0.2, 0.25) is 0 Å². The second-order valence-corrected chi connectivity index (χ2v) is 3.42. The van der Waals surface area contributed by atoms with E-state index < -0.39 is 23.1 Å². The second kappa shape index (κ2) is 4.74. The van der Waals surface area contributed by atoms with Gasteiger partial charge < -0.3 is 5.32 Å². The van der Waals surface area contributed by atoms with E-state index in [0.717, 1.165) is 18.2 Å². The number of amides is 1. The molecular formula is C11H7F2N3O2. The number of anilines is 1. The summed E-state index contributed by atoms with van der Waals surface area (Å²) in [5.74, 6) is -2.30. The number of H-pyrrole nitrogens is 1. The van der Waals surface area contributed by atoms with Crippen LogP contribution in [0.3, 0.4) is 0 Å². The van der Waals surface area contributed by atoms with Crippen molar-refractivity contribution in [2.24, 2.45) is 0 Å². The van der Waals surface area contributed by atoms with Crippen LogP contribution in [0.1, 0.15) is 10.5 Å². The largest absolute Gasteiger partial charge is 0.320 e. The van der Waals surface area contributed by atoms with E-state index in [4.69, 9.17) is 0 Å². The Morgan fingerprint density at radius 1 is 1.17 bits per heavy atom. The standard InChI is InChI=1S/C11H7F2N3O2/c12-6-3-7(13)5-8(4-6)14-11(18)9-1-2-10(17)16-15-9/h1-5H,(H,14,18)(H,16,17). The number of carbonyl (C=O) groups is 1. The Labute approximate surface area is 99.5 Å². The minimum atomic E-state index is -0.806. The van der Waals surface area contributed by atoms with Crippen LogP contribution in [0.15, 0.2) is 35.1 Å². The Bertz CT molecular complexity index is 614. The van der Waals surface area contributed by atoms with Crippen LogP contribution in [-0.2, 0) is 0 Å². The lowest BCUT2D eigenvalue weighted by atomic mass is 10.3. The molecule has 2 rings (SSSR count). The van der Waals surface area contributed by atoms with E-state index in [1.165, 1.54) is 6.07 Å². The van der Waals surface area contributed by atoms with E-state index in [2.05, 4.69) is 15.5 Å². The highest BCUT2D eigenvalue weighted by atomic mass is 19.1. The third-order valence-corrected chi connectivity index (χ3v) is 2.03. The lowest BCUT2D eigenvalue weighted by molar-refractivity contribution is 0.102. The zero-order valence-corrected chi connectivity index (χ0v) is 8.91. The van der Waals surface area contributed by atoms with E-state index in [1.807, 2.05) is 0 Å². The van der Waals surface area contributed by atoms with Gasteiger partial charge in [-0.15, -0.1) is 0 Å². The van der Waals surface area contributed by atoms with Crippen molar-refractivity contribution in [2.75, 3.05) is 5.32 Å².